The summed E-state index contributed by atoms with van der Waals surface area (Å²) in [6.45, 7) is 6.35. The highest BCUT2D eigenvalue weighted by molar-refractivity contribution is 5.64. The first-order valence-corrected chi connectivity index (χ1v) is 6.81. The second-order valence-corrected chi connectivity index (χ2v) is 4.42. The summed E-state index contributed by atoms with van der Waals surface area (Å²) in [5.74, 6) is 5.98. The lowest BCUT2D eigenvalue weighted by Gasteiger charge is -2.21. The fourth-order valence-electron chi connectivity index (χ4n) is 2.10. The molecule has 4 N–H and O–H groups in total. The van der Waals surface area contributed by atoms with Gasteiger partial charge >= 0.3 is 0 Å². The van der Waals surface area contributed by atoms with Crippen LogP contribution in [0.1, 0.15) is 13.8 Å². The molecule has 1 aromatic heterocycles. The van der Waals surface area contributed by atoms with E-state index in [4.69, 9.17) is 5.84 Å². The summed E-state index contributed by atoms with van der Waals surface area (Å²) in [4.78, 5) is 6.39. The zero-order chi connectivity index (χ0) is 14.4. The Balaban J connectivity index is 2.10. The van der Waals surface area contributed by atoms with E-state index in [2.05, 4.69) is 58.7 Å². The van der Waals surface area contributed by atoms with E-state index in [-0.39, 0.29) is 0 Å². The maximum Gasteiger partial charge on any atom is 0.141 e. The minimum Gasteiger partial charge on any atom is -0.372 e. The molecule has 5 nitrogen and oxygen atoms in total. The van der Waals surface area contributed by atoms with Gasteiger partial charge in [0.05, 0.1) is 0 Å². The summed E-state index contributed by atoms with van der Waals surface area (Å²) < 4.78 is 0. The van der Waals surface area contributed by atoms with Crippen LogP contribution in [0.3, 0.4) is 0 Å². The Morgan fingerprint density at radius 1 is 1.05 bits per heavy atom. The summed E-state index contributed by atoms with van der Waals surface area (Å²) in [7, 11) is 0. The van der Waals surface area contributed by atoms with Gasteiger partial charge in [0.2, 0.25) is 0 Å². The maximum absolute atomic E-state index is 5.35. The number of anilines is 4. The summed E-state index contributed by atoms with van der Waals surface area (Å²) in [6.07, 6.45) is 1.71. The van der Waals surface area contributed by atoms with Crippen molar-refractivity contribution < 1.29 is 0 Å². The van der Waals surface area contributed by atoms with Crippen molar-refractivity contribution >= 4 is 22.9 Å². The normalized spacial score (nSPS) is 10.2. The van der Waals surface area contributed by atoms with Gasteiger partial charge in [0.1, 0.15) is 5.82 Å². The van der Waals surface area contributed by atoms with Crippen LogP contribution in [0.25, 0.3) is 0 Å². The number of hydrazine groups is 1. The zero-order valence-electron chi connectivity index (χ0n) is 11.9. The molecule has 0 fully saturated rings. The van der Waals surface area contributed by atoms with Crippen LogP contribution < -0.4 is 21.5 Å². The summed E-state index contributed by atoms with van der Waals surface area (Å²) in [5.41, 5.74) is 5.76. The van der Waals surface area contributed by atoms with E-state index >= 15 is 0 Å². The highest BCUT2D eigenvalue weighted by Crippen LogP contribution is 2.21. The molecule has 5 heteroatoms. The van der Waals surface area contributed by atoms with Crippen molar-refractivity contribution in [3.63, 3.8) is 0 Å². The molecule has 106 valence electrons. The molecule has 0 saturated heterocycles. The average molecular weight is 271 g/mol. The van der Waals surface area contributed by atoms with Crippen molar-refractivity contribution in [2.24, 2.45) is 5.84 Å². The molecule has 0 unspecified atom stereocenters. The molecule has 0 aliphatic carbocycles. The number of nitrogen functional groups attached to an aromatic ring is 1. The molecule has 0 saturated carbocycles. The fourth-order valence-corrected chi connectivity index (χ4v) is 2.10. The number of nitrogens with zero attached hydrogens (tertiary/aromatic N) is 2. The number of aromatic nitrogens is 1. The first kappa shape index (κ1) is 14.1. The van der Waals surface area contributed by atoms with Crippen molar-refractivity contribution in [1.29, 1.82) is 0 Å². The standard InChI is InChI=1S/C15H21N5/c1-3-20(4-2)14-7-5-12(6-8-14)18-13-9-10-17-15(11-13)19-16/h5-11H,3-4,16H2,1-2H3,(H2,17,18,19). The van der Waals surface area contributed by atoms with Gasteiger partial charge in [0.25, 0.3) is 0 Å². The van der Waals surface area contributed by atoms with Crippen LogP contribution in [0.5, 0.6) is 0 Å². The molecule has 0 aliphatic heterocycles. The monoisotopic (exact) mass is 271 g/mol. The minimum absolute atomic E-state index is 0.634. The van der Waals surface area contributed by atoms with E-state index in [1.807, 2.05) is 12.1 Å². The summed E-state index contributed by atoms with van der Waals surface area (Å²) >= 11 is 0. The van der Waals surface area contributed by atoms with Crippen molar-refractivity contribution in [3.8, 4) is 0 Å². The lowest BCUT2D eigenvalue weighted by Crippen LogP contribution is -2.21. The van der Waals surface area contributed by atoms with Crippen LogP contribution in [0.4, 0.5) is 22.9 Å². The van der Waals surface area contributed by atoms with Crippen molar-refractivity contribution in [2.75, 3.05) is 28.7 Å². The van der Waals surface area contributed by atoms with Gasteiger partial charge in [0.15, 0.2) is 0 Å². The molecule has 0 bridgehead atoms. The Morgan fingerprint density at radius 2 is 1.75 bits per heavy atom. The number of rotatable bonds is 6. The third-order valence-electron chi connectivity index (χ3n) is 3.19. The quantitative estimate of drug-likeness (QED) is 0.557. The largest absolute Gasteiger partial charge is 0.372 e. The predicted molar refractivity (Wildman–Crippen MR) is 85.3 cm³/mol. The molecule has 0 spiro atoms. The fraction of sp³-hybridized carbons (Fsp3) is 0.267. The van der Waals surface area contributed by atoms with Crippen LogP contribution >= 0.6 is 0 Å². The van der Waals surface area contributed by atoms with Crippen LogP contribution in [-0.2, 0) is 0 Å². The second kappa shape index (κ2) is 6.77. The Labute approximate surface area is 119 Å². The SMILES string of the molecule is CCN(CC)c1ccc(Nc2ccnc(NN)c2)cc1. The van der Waals surface area contributed by atoms with Gasteiger partial charge in [-0.05, 0) is 44.2 Å². The minimum atomic E-state index is 0.634. The van der Waals surface area contributed by atoms with Gasteiger partial charge in [-0.15, -0.1) is 0 Å². The van der Waals surface area contributed by atoms with E-state index in [0.717, 1.165) is 24.5 Å². The molecule has 2 aromatic rings. The van der Waals surface area contributed by atoms with E-state index in [1.165, 1.54) is 5.69 Å². The lowest BCUT2D eigenvalue weighted by atomic mass is 10.2. The number of pyridine rings is 1. The van der Waals surface area contributed by atoms with Crippen molar-refractivity contribution in [3.05, 3.63) is 42.6 Å². The molecule has 0 aliphatic rings. The number of benzene rings is 1. The number of hydrogen-bond acceptors (Lipinski definition) is 5. The molecular weight excluding hydrogens is 250 g/mol. The maximum atomic E-state index is 5.35. The van der Waals surface area contributed by atoms with E-state index in [1.54, 1.807) is 6.20 Å². The summed E-state index contributed by atoms with van der Waals surface area (Å²) in [5, 5.41) is 3.33. The topological polar surface area (TPSA) is 66.2 Å². The van der Waals surface area contributed by atoms with Gasteiger partial charge in [-0.3, -0.25) is 0 Å². The highest BCUT2D eigenvalue weighted by atomic mass is 15.2. The molecule has 0 radical (unpaired) electrons. The third kappa shape index (κ3) is 3.39. The van der Waals surface area contributed by atoms with E-state index in [0.29, 0.717) is 5.82 Å². The van der Waals surface area contributed by atoms with Crippen LogP contribution in [-0.4, -0.2) is 18.1 Å². The van der Waals surface area contributed by atoms with E-state index in [9.17, 15) is 0 Å². The first-order valence-electron chi connectivity index (χ1n) is 6.81. The number of hydrogen-bond donors (Lipinski definition) is 3. The molecule has 1 aromatic carbocycles. The Hall–Kier alpha value is -2.27. The molecule has 1 heterocycles. The van der Waals surface area contributed by atoms with Gasteiger partial charge in [0, 0.05) is 42.4 Å². The van der Waals surface area contributed by atoms with Crippen LogP contribution in [0.2, 0.25) is 0 Å². The van der Waals surface area contributed by atoms with Gasteiger partial charge in [-0.1, -0.05) is 0 Å². The van der Waals surface area contributed by atoms with Gasteiger partial charge in [-0.25, -0.2) is 10.8 Å². The lowest BCUT2D eigenvalue weighted by molar-refractivity contribution is 0.866. The van der Waals surface area contributed by atoms with Crippen molar-refractivity contribution in [1.82, 2.24) is 4.98 Å². The molecule has 2 rings (SSSR count). The molecule has 20 heavy (non-hydrogen) atoms. The average Bonchev–Trinajstić information content (AvgIpc) is 2.50. The Bertz CT molecular complexity index is 534. The first-order chi connectivity index (χ1) is 9.76. The highest BCUT2D eigenvalue weighted by Gasteiger charge is 2.02. The van der Waals surface area contributed by atoms with Gasteiger partial charge in [-0.2, -0.15) is 0 Å². The molecule has 0 amide bonds. The second-order valence-electron chi connectivity index (χ2n) is 4.42. The smallest absolute Gasteiger partial charge is 0.141 e. The summed E-state index contributed by atoms with van der Waals surface area (Å²) in [6, 6.07) is 12.2. The van der Waals surface area contributed by atoms with Gasteiger partial charge < -0.3 is 15.6 Å². The Kier molecular flexibility index (Phi) is 4.79. The van der Waals surface area contributed by atoms with Crippen LogP contribution in [0.15, 0.2) is 42.6 Å². The van der Waals surface area contributed by atoms with Crippen LogP contribution in [0, 0.1) is 0 Å². The van der Waals surface area contributed by atoms with Crippen molar-refractivity contribution in [2.45, 2.75) is 13.8 Å². The molecular formula is C15H21N5. The zero-order valence-corrected chi connectivity index (χ0v) is 11.9. The van der Waals surface area contributed by atoms with E-state index < -0.39 is 0 Å². The Morgan fingerprint density at radius 3 is 2.35 bits per heavy atom. The third-order valence-corrected chi connectivity index (χ3v) is 3.19. The number of nitrogens with one attached hydrogen (secondary N) is 2. The number of nitrogens with two attached hydrogens (primary N) is 1. The molecule has 0 atom stereocenters. The predicted octanol–water partition coefficient (Wildman–Crippen LogP) is 2.96.